The summed E-state index contributed by atoms with van der Waals surface area (Å²) in [5, 5.41) is 2.76. The molecule has 138 valence electrons. The zero-order chi connectivity index (χ0) is 19.4. The predicted octanol–water partition coefficient (Wildman–Crippen LogP) is 3.35. The first-order chi connectivity index (χ1) is 13.0. The molecule has 3 rings (SSSR count). The van der Waals surface area contributed by atoms with E-state index in [1.165, 1.54) is 4.90 Å². The highest BCUT2D eigenvalue weighted by atomic mass is 16.2. The minimum Gasteiger partial charge on any atom is -0.326 e. The molecule has 0 bridgehead atoms. The molecule has 2 aromatic carbocycles. The molecule has 1 aliphatic heterocycles. The minimum atomic E-state index is -0.861. The molecule has 0 saturated carbocycles. The van der Waals surface area contributed by atoms with Crippen LogP contribution in [0.15, 0.2) is 67.3 Å². The second kappa shape index (κ2) is 7.86. The Bertz CT molecular complexity index is 862. The van der Waals surface area contributed by atoms with Crippen LogP contribution in [0.3, 0.4) is 0 Å². The highest BCUT2D eigenvalue weighted by molar-refractivity contribution is 6.22. The van der Waals surface area contributed by atoms with Gasteiger partial charge in [0.15, 0.2) is 0 Å². The molecule has 1 saturated heterocycles. The van der Waals surface area contributed by atoms with Crippen molar-refractivity contribution in [2.75, 3.05) is 16.8 Å². The number of benzene rings is 2. The molecule has 0 aromatic heterocycles. The first kappa shape index (κ1) is 18.4. The summed E-state index contributed by atoms with van der Waals surface area (Å²) in [7, 11) is 0. The van der Waals surface area contributed by atoms with Crippen molar-refractivity contribution in [2.24, 2.45) is 0 Å². The standard InChI is InChI=1S/C21H21N3O3/c1-3-13-23-18(14-19(25)22-16-7-5-4-6-8-16)20(26)24(21(23)27)17-11-9-15(2)10-12-17/h3-12,18H,1,13-14H2,2H3,(H,22,25)/t18-/m1/s1. The molecule has 0 radical (unpaired) electrons. The van der Waals surface area contributed by atoms with Gasteiger partial charge in [-0.25, -0.2) is 9.69 Å². The monoisotopic (exact) mass is 363 g/mol. The maximum atomic E-state index is 12.9. The maximum absolute atomic E-state index is 12.9. The van der Waals surface area contributed by atoms with Crippen LogP contribution in [0.2, 0.25) is 0 Å². The fraction of sp³-hybridized carbons (Fsp3) is 0.190. The number of nitrogens with one attached hydrogen (secondary N) is 1. The van der Waals surface area contributed by atoms with Gasteiger partial charge in [0, 0.05) is 12.2 Å². The number of hydrogen-bond acceptors (Lipinski definition) is 3. The number of aryl methyl sites for hydroxylation is 1. The summed E-state index contributed by atoms with van der Waals surface area (Å²) in [6.07, 6.45) is 1.43. The zero-order valence-corrected chi connectivity index (χ0v) is 15.1. The lowest BCUT2D eigenvalue weighted by molar-refractivity contribution is -0.124. The summed E-state index contributed by atoms with van der Waals surface area (Å²) in [5.74, 6) is -0.735. The molecule has 6 heteroatoms. The van der Waals surface area contributed by atoms with Crippen LogP contribution in [0.4, 0.5) is 16.2 Å². The summed E-state index contributed by atoms with van der Waals surface area (Å²) in [6.45, 7) is 5.77. The maximum Gasteiger partial charge on any atom is 0.332 e. The molecule has 0 aliphatic carbocycles. The number of carbonyl (C=O) groups is 3. The Morgan fingerprint density at radius 3 is 2.41 bits per heavy atom. The van der Waals surface area contributed by atoms with Gasteiger partial charge in [0.25, 0.3) is 5.91 Å². The number of hydrogen-bond donors (Lipinski definition) is 1. The molecule has 1 fully saturated rings. The minimum absolute atomic E-state index is 0.115. The van der Waals surface area contributed by atoms with Crippen LogP contribution in [-0.2, 0) is 9.59 Å². The van der Waals surface area contributed by atoms with E-state index in [0.29, 0.717) is 11.4 Å². The number of imide groups is 1. The normalized spacial score (nSPS) is 16.6. The van der Waals surface area contributed by atoms with Crippen molar-refractivity contribution < 1.29 is 14.4 Å². The van der Waals surface area contributed by atoms with Crippen molar-refractivity contribution in [3.8, 4) is 0 Å². The molecule has 2 aromatic rings. The number of urea groups is 1. The van der Waals surface area contributed by atoms with E-state index in [2.05, 4.69) is 11.9 Å². The van der Waals surface area contributed by atoms with E-state index in [-0.39, 0.29) is 18.9 Å². The van der Waals surface area contributed by atoms with Crippen LogP contribution in [0.1, 0.15) is 12.0 Å². The van der Waals surface area contributed by atoms with Crippen LogP contribution in [-0.4, -0.2) is 35.3 Å². The molecule has 1 heterocycles. The second-order valence-electron chi connectivity index (χ2n) is 6.37. The summed E-state index contributed by atoms with van der Waals surface area (Å²) in [4.78, 5) is 40.6. The predicted molar refractivity (Wildman–Crippen MR) is 104 cm³/mol. The highest BCUT2D eigenvalue weighted by Gasteiger charge is 2.46. The van der Waals surface area contributed by atoms with E-state index in [0.717, 1.165) is 10.5 Å². The van der Waals surface area contributed by atoms with Gasteiger partial charge < -0.3 is 10.2 Å². The average Bonchev–Trinajstić information content (AvgIpc) is 2.88. The van der Waals surface area contributed by atoms with E-state index in [1.54, 1.807) is 30.3 Å². The SMILES string of the molecule is C=CCN1C(=O)N(c2ccc(C)cc2)C(=O)[C@H]1CC(=O)Nc1ccccc1. The third kappa shape index (κ3) is 3.89. The molecule has 1 N–H and O–H groups in total. The van der Waals surface area contributed by atoms with Crippen molar-refractivity contribution in [1.82, 2.24) is 4.90 Å². The highest BCUT2D eigenvalue weighted by Crippen LogP contribution is 2.27. The van der Waals surface area contributed by atoms with Crippen LogP contribution >= 0.6 is 0 Å². The summed E-state index contributed by atoms with van der Waals surface area (Å²) >= 11 is 0. The van der Waals surface area contributed by atoms with Crippen LogP contribution in [0.5, 0.6) is 0 Å². The number of amides is 4. The largest absolute Gasteiger partial charge is 0.332 e. The van der Waals surface area contributed by atoms with E-state index in [1.807, 2.05) is 37.3 Å². The topological polar surface area (TPSA) is 69.7 Å². The van der Waals surface area contributed by atoms with E-state index >= 15 is 0 Å². The average molecular weight is 363 g/mol. The number of rotatable bonds is 6. The number of carbonyl (C=O) groups excluding carboxylic acids is 3. The smallest absolute Gasteiger partial charge is 0.326 e. The summed E-state index contributed by atoms with van der Waals surface area (Å²) in [5.41, 5.74) is 2.17. The van der Waals surface area contributed by atoms with Gasteiger partial charge >= 0.3 is 6.03 Å². The van der Waals surface area contributed by atoms with E-state index in [9.17, 15) is 14.4 Å². The molecule has 0 unspecified atom stereocenters. The van der Waals surface area contributed by atoms with Gasteiger partial charge in [0.1, 0.15) is 6.04 Å². The van der Waals surface area contributed by atoms with Crippen LogP contribution in [0.25, 0.3) is 0 Å². The number of para-hydroxylation sites is 1. The Morgan fingerprint density at radius 1 is 1.11 bits per heavy atom. The van der Waals surface area contributed by atoms with Gasteiger partial charge in [0.2, 0.25) is 5.91 Å². The van der Waals surface area contributed by atoms with Gasteiger partial charge in [-0.2, -0.15) is 0 Å². The van der Waals surface area contributed by atoms with Gasteiger partial charge in [-0.3, -0.25) is 9.59 Å². The third-order valence-electron chi connectivity index (χ3n) is 4.37. The van der Waals surface area contributed by atoms with Crippen molar-refractivity contribution in [3.63, 3.8) is 0 Å². The lowest BCUT2D eigenvalue weighted by Gasteiger charge is -2.19. The Morgan fingerprint density at radius 2 is 1.78 bits per heavy atom. The summed E-state index contributed by atoms with van der Waals surface area (Å²) in [6, 6.07) is 14.8. The van der Waals surface area contributed by atoms with Crippen molar-refractivity contribution >= 4 is 29.2 Å². The quantitative estimate of drug-likeness (QED) is 0.632. The first-order valence-corrected chi connectivity index (χ1v) is 8.68. The molecule has 4 amide bonds. The Balaban J connectivity index is 1.81. The number of anilines is 2. The second-order valence-corrected chi connectivity index (χ2v) is 6.37. The third-order valence-corrected chi connectivity index (χ3v) is 4.37. The van der Waals surface area contributed by atoms with E-state index < -0.39 is 18.0 Å². The molecular formula is C21H21N3O3. The van der Waals surface area contributed by atoms with E-state index in [4.69, 9.17) is 0 Å². The van der Waals surface area contributed by atoms with Crippen molar-refractivity contribution in [1.29, 1.82) is 0 Å². The molecule has 0 spiro atoms. The summed E-state index contributed by atoms with van der Waals surface area (Å²) < 4.78 is 0. The van der Waals surface area contributed by atoms with Gasteiger partial charge in [-0.1, -0.05) is 42.0 Å². The number of nitrogens with zero attached hydrogens (tertiary/aromatic N) is 2. The molecular weight excluding hydrogens is 342 g/mol. The fourth-order valence-electron chi connectivity index (χ4n) is 3.02. The molecule has 6 nitrogen and oxygen atoms in total. The Labute approximate surface area is 158 Å². The van der Waals surface area contributed by atoms with Gasteiger partial charge in [-0.05, 0) is 31.2 Å². The molecule has 1 atom stereocenters. The lowest BCUT2D eigenvalue weighted by Crippen LogP contribution is -2.38. The van der Waals surface area contributed by atoms with Crippen LogP contribution in [0, 0.1) is 6.92 Å². The van der Waals surface area contributed by atoms with Gasteiger partial charge in [0.05, 0.1) is 12.1 Å². The van der Waals surface area contributed by atoms with Gasteiger partial charge in [-0.15, -0.1) is 6.58 Å². The fourth-order valence-corrected chi connectivity index (χ4v) is 3.02. The molecule has 27 heavy (non-hydrogen) atoms. The van der Waals surface area contributed by atoms with Crippen molar-refractivity contribution in [3.05, 3.63) is 72.8 Å². The molecule has 1 aliphatic rings. The van der Waals surface area contributed by atoms with Crippen molar-refractivity contribution in [2.45, 2.75) is 19.4 Å². The lowest BCUT2D eigenvalue weighted by atomic mass is 10.1. The Kier molecular flexibility index (Phi) is 5.35. The Hall–Kier alpha value is -3.41. The van der Waals surface area contributed by atoms with Crippen LogP contribution < -0.4 is 10.2 Å². The first-order valence-electron chi connectivity index (χ1n) is 8.68. The zero-order valence-electron chi connectivity index (χ0n) is 15.1.